The van der Waals surface area contributed by atoms with Crippen molar-refractivity contribution in [2.45, 2.75) is 24.4 Å². The van der Waals surface area contributed by atoms with Gasteiger partial charge in [0.2, 0.25) is 0 Å². The van der Waals surface area contributed by atoms with Crippen LogP contribution in [0.1, 0.15) is 10.7 Å². The predicted molar refractivity (Wildman–Crippen MR) is 109 cm³/mol. The van der Waals surface area contributed by atoms with Crippen LogP contribution in [0.4, 0.5) is 4.39 Å². The second-order valence-electron chi connectivity index (χ2n) is 6.57. The van der Waals surface area contributed by atoms with Gasteiger partial charge in [-0.3, -0.25) is 4.90 Å². The van der Waals surface area contributed by atoms with Crippen molar-refractivity contribution in [3.8, 4) is 11.4 Å². The average Bonchev–Trinajstić information content (AvgIpc) is 3.32. The van der Waals surface area contributed by atoms with Crippen LogP contribution in [0, 0.1) is 12.7 Å². The lowest BCUT2D eigenvalue weighted by molar-refractivity contribution is 0.0361. The zero-order valence-corrected chi connectivity index (χ0v) is 17.3. The van der Waals surface area contributed by atoms with Crippen molar-refractivity contribution in [3.63, 3.8) is 0 Å². The van der Waals surface area contributed by atoms with Crippen molar-refractivity contribution in [2.75, 3.05) is 32.8 Å². The molecule has 0 radical (unpaired) electrons. The van der Waals surface area contributed by atoms with Crippen LogP contribution in [0.3, 0.4) is 0 Å². The fourth-order valence-electron chi connectivity index (χ4n) is 3.09. The van der Waals surface area contributed by atoms with Gasteiger partial charge in [0, 0.05) is 42.9 Å². The smallest absolute Gasteiger partial charge is 0.191 e. The minimum atomic E-state index is -0.253. The summed E-state index contributed by atoms with van der Waals surface area (Å²) >= 11 is 3.29. The molecule has 3 heterocycles. The summed E-state index contributed by atoms with van der Waals surface area (Å²) in [5.41, 5.74) is 1.92. The molecule has 0 saturated carbocycles. The Labute approximate surface area is 171 Å². The van der Waals surface area contributed by atoms with Gasteiger partial charge in [0.15, 0.2) is 11.0 Å². The van der Waals surface area contributed by atoms with Crippen LogP contribution in [0.5, 0.6) is 0 Å². The number of aromatic nitrogens is 4. The third-order valence-corrected chi connectivity index (χ3v) is 6.40. The van der Waals surface area contributed by atoms with E-state index >= 15 is 0 Å². The van der Waals surface area contributed by atoms with Gasteiger partial charge >= 0.3 is 0 Å². The first-order valence-corrected chi connectivity index (χ1v) is 11.1. The Kier molecular flexibility index (Phi) is 6.36. The molecule has 9 heteroatoms. The number of halogens is 1. The average molecular weight is 420 g/mol. The van der Waals surface area contributed by atoms with E-state index < -0.39 is 0 Å². The van der Waals surface area contributed by atoms with Crippen LogP contribution < -0.4 is 0 Å². The standard InChI is InChI=1S/C19H22FN5OS2/c1-14-21-17(12-27-14)13-28-19-23-22-18(15-2-4-16(20)5-3-15)25(19)7-6-24-8-10-26-11-9-24/h2-5,12H,6-11,13H2,1H3. The maximum atomic E-state index is 13.3. The highest BCUT2D eigenvalue weighted by Crippen LogP contribution is 2.27. The number of morpholine rings is 1. The zero-order valence-electron chi connectivity index (χ0n) is 15.7. The Hall–Kier alpha value is -1.81. The highest BCUT2D eigenvalue weighted by Gasteiger charge is 2.17. The number of nitrogens with zero attached hydrogens (tertiary/aromatic N) is 5. The van der Waals surface area contributed by atoms with Crippen molar-refractivity contribution in [3.05, 3.63) is 46.2 Å². The van der Waals surface area contributed by atoms with Crippen LogP contribution in [0.25, 0.3) is 11.4 Å². The van der Waals surface area contributed by atoms with Crippen molar-refractivity contribution < 1.29 is 9.13 Å². The molecule has 0 spiro atoms. The van der Waals surface area contributed by atoms with E-state index in [2.05, 4.69) is 30.0 Å². The molecule has 1 aliphatic rings. The number of rotatable bonds is 7. The van der Waals surface area contributed by atoms with E-state index in [-0.39, 0.29) is 5.82 Å². The van der Waals surface area contributed by atoms with Crippen LogP contribution in [-0.2, 0) is 17.0 Å². The summed E-state index contributed by atoms with van der Waals surface area (Å²) < 4.78 is 20.9. The first-order valence-electron chi connectivity index (χ1n) is 9.22. The van der Waals surface area contributed by atoms with E-state index in [1.807, 2.05) is 6.92 Å². The van der Waals surface area contributed by atoms with Gasteiger partial charge in [-0.05, 0) is 31.2 Å². The number of benzene rings is 1. The van der Waals surface area contributed by atoms with Crippen molar-refractivity contribution in [1.82, 2.24) is 24.6 Å². The summed E-state index contributed by atoms with van der Waals surface area (Å²) in [7, 11) is 0. The molecule has 0 bridgehead atoms. The molecule has 0 N–H and O–H groups in total. The van der Waals surface area contributed by atoms with Crippen LogP contribution >= 0.6 is 23.1 Å². The van der Waals surface area contributed by atoms with Gasteiger partial charge in [0.1, 0.15) is 5.82 Å². The van der Waals surface area contributed by atoms with E-state index in [4.69, 9.17) is 4.74 Å². The van der Waals surface area contributed by atoms with Gasteiger partial charge in [-0.15, -0.1) is 21.5 Å². The summed E-state index contributed by atoms with van der Waals surface area (Å²) in [4.78, 5) is 6.91. The van der Waals surface area contributed by atoms with E-state index in [0.29, 0.717) is 0 Å². The fourth-order valence-corrected chi connectivity index (χ4v) is 4.66. The molecule has 148 valence electrons. The second kappa shape index (κ2) is 9.13. The Morgan fingerprint density at radius 1 is 1.14 bits per heavy atom. The van der Waals surface area contributed by atoms with E-state index in [9.17, 15) is 4.39 Å². The largest absolute Gasteiger partial charge is 0.379 e. The molecule has 28 heavy (non-hydrogen) atoms. The van der Waals surface area contributed by atoms with E-state index in [1.165, 1.54) is 12.1 Å². The minimum Gasteiger partial charge on any atom is -0.379 e. The maximum Gasteiger partial charge on any atom is 0.191 e. The molecule has 3 aromatic rings. The lowest BCUT2D eigenvalue weighted by Crippen LogP contribution is -2.38. The third kappa shape index (κ3) is 4.78. The summed E-state index contributed by atoms with van der Waals surface area (Å²) in [6, 6.07) is 6.42. The summed E-state index contributed by atoms with van der Waals surface area (Å²) in [6.45, 7) is 7.12. The molecule has 1 saturated heterocycles. The number of hydrogen-bond donors (Lipinski definition) is 0. The van der Waals surface area contributed by atoms with E-state index in [0.717, 1.165) is 72.4 Å². The number of hydrogen-bond acceptors (Lipinski definition) is 7. The number of aryl methyl sites for hydroxylation is 1. The molecule has 2 aromatic heterocycles. The zero-order chi connectivity index (χ0) is 19.3. The number of ether oxygens (including phenoxy) is 1. The molecule has 0 unspecified atom stereocenters. The summed E-state index contributed by atoms with van der Waals surface area (Å²) in [5.74, 6) is 1.27. The lowest BCUT2D eigenvalue weighted by atomic mass is 10.2. The second-order valence-corrected chi connectivity index (χ2v) is 8.57. The number of thioether (sulfide) groups is 1. The third-order valence-electron chi connectivity index (χ3n) is 4.58. The quantitative estimate of drug-likeness (QED) is 0.547. The molecule has 1 aliphatic heterocycles. The van der Waals surface area contributed by atoms with Gasteiger partial charge in [-0.1, -0.05) is 11.8 Å². The van der Waals surface area contributed by atoms with Crippen LogP contribution in [0.15, 0.2) is 34.8 Å². The maximum absolute atomic E-state index is 13.3. The van der Waals surface area contributed by atoms with Gasteiger partial charge in [-0.25, -0.2) is 9.37 Å². The summed E-state index contributed by atoms with van der Waals surface area (Å²) in [6.07, 6.45) is 0. The Morgan fingerprint density at radius 3 is 2.64 bits per heavy atom. The normalized spacial score (nSPS) is 15.2. The molecule has 6 nitrogen and oxygen atoms in total. The highest BCUT2D eigenvalue weighted by molar-refractivity contribution is 7.98. The highest BCUT2D eigenvalue weighted by atomic mass is 32.2. The first kappa shape index (κ1) is 19.5. The molecule has 4 rings (SSSR count). The van der Waals surface area contributed by atoms with Crippen LogP contribution in [-0.4, -0.2) is 57.5 Å². The Balaban J connectivity index is 1.54. The van der Waals surface area contributed by atoms with E-state index in [1.54, 1.807) is 35.2 Å². The van der Waals surface area contributed by atoms with Crippen LogP contribution in [0.2, 0.25) is 0 Å². The Bertz CT molecular complexity index is 905. The van der Waals surface area contributed by atoms with Gasteiger partial charge in [-0.2, -0.15) is 0 Å². The molecule has 0 atom stereocenters. The predicted octanol–water partition coefficient (Wildman–Crippen LogP) is 3.47. The first-order chi connectivity index (χ1) is 13.7. The van der Waals surface area contributed by atoms with Crippen molar-refractivity contribution >= 4 is 23.1 Å². The fraction of sp³-hybridized carbons (Fsp3) is 0.421. The number of thiazole rings is 1. The topological polar surface area (TPSA) is 56.1 Å². The SMILES string of the molecule is Cc1nc(CSc2nnc(-c3ccc(F)cc3)n2CCN2CCOCC2)cs1. The van der Waals surface area contributed by atoms with Gasteiger partial charge in [0.05, 0.1) is 23.9 Å². The van der Waals surface area contributed by atoms with Gasteiger partial charge < -0.3 is 9.30 Å². The monoisotopic (exact) mass is 419 g/mol. The molecular formula is C19H22FN5OS2. The Morgan fingerprint density at radius 2 is 1.93 bits per heavy atom. The van der Waals surface area contributed by atoms with Crippen molar-refractivity contribution in [2.24, 2.45) is 0 Å². The minimum absolute atomic E-state index is 0.253. The lowest BCUT2D eigenvalue weighted by Gasteiger charge is -2.27. The summed E-state index contributed by atoms with van der Waals surface area (Å²) in [5, 5.41) is 12.8. The molecule has 1 aromatic carbocycles. The molecule has 0 aliphatic carbocycles. The molecule has 0 amide bonds. The van der Waals surface area contributed by atoms with Gasteiger partial charge in [0.25, 0.3) is 0 Å². The molecule has 1 fully saturated rings. The van der Waals surface area contributed by atoms with Crippen molar-refractivity contribution in [1.29, 1.82) is 0 Å². The molecular weight excluding hydrogens is 397 g/mol.